The first-order valence-electron chi connectivity index (χ1n) is 11.3. The summed E-state index contributed by atoms with van der Waals surface area (Å²) in [5.41, 5.74) is 5.73. The third kappa shape index (κ3) is 8.74. The maximum absolute atomic E-state index is 14.8. The van der Waals surface area contributed by atoms with Gasteiger partial charge in [0.25, 0.3) is 5.91 Å². The van der Waals surface area contributed by atoms with Gasteiger partial charge in [-0.05, 0) is 24.3 Å². The SMILES string of the molecule is CNC(=O)c1c(CC(=O)NNSCC(=NCOC(=O)C(C)N)C2=C(F)C(C(F)(F)F)=C(F)CC2)csc1NC. The average molecular weight is 599 g/mol. The average Bonchev–Trinajstić information content (AvgIpc) is 3.26. The van der Waals surface area contributed by atoms with Gasteiger partial charge in [-0.15, -0.1) is 11.3 Å². The van der Waals surface area contributed by atoms with E-state index < -0.39 is 66.5 Å². The van der Waals surface area contributed by atoms with Crippen LogP contribution in [0.1, 0.15) is 35.7 Å². The summed E-state index contributed by atoms with van der Waals surface area (Å²) in [6, 6.07) is -0.995. The third-order valence-electron chi connectivity index (χ3n) is 5.19. The van der Waals surface area contributed by atoms with Gasteiger partial charge in [0.05, 0.1) is 23.4 Å². The van der Waals surface area contributed by atoms with Gasteiger partial charge in [0.2, 0.25) is 5.91 Å². The topological polar surface area (TPSA) is 147 Å². The lowest BCUT2D eigenvalue weighted by Crippen LogP contribution is -2.35. The number of allylic oxidation sites excluding steroid dienone is 4. The highest BCUT2D eigenvalue weighted by molar-refractivity contribution is 7.98. The van der Waals surface area contributed by atoms with Gasteiger partial charge in [0.1, 0.15) is 28.3 Å². The number of alkyl halides is 3. The van der Waals surface area contributed by atoms with Crippen LogP contribution in [-0.4, -0.2) is 62.3 Å². The van der Waals surface area contributed by atoms with Crippen molar-refractivity contribution in [3.63, 3.8) is 0 Å². The number of carbonyl (C=O) groups excluding carboxylic acids is 3. The molecule has 2 amide bonds. The van der Waals surface area contributed by atoms with Crippen LogP contribution in [0.5, 0.6) is 0 Å². The molecular weight excluding hydrogens is 571 g/mol. The number of nitrogens with two attached hydrogens (primary N) is 1. The van der Waals surface area contributed by atoms with Crippen molar-refractivity contribution in [3.8, 4) is 0 Å². The van der Waals surface area contributed by atoms with E-state index >= 15 is 0 Å². The molecule has 0 aromatic carbocycles. The lowest BCUT2D eigenvalue weighted by Gasteiger charge is -2.21. The largest absolute Gasteiger partial charge is 0.441 e. The molecule has 6 N–H and O–H groups in total. The fourth-order valence-corrected chi connectivity index (χ4v) is 4.90. The molecule has 1 atom stereocenters. The van der Waals surface area contributed by atoms with Gasteiger partial charge in [-0.3, -0.25) is 19.8 Å². The van der Waals surface area contributed by atoms with Crippen LogP contribution in [-0.2, 0) is 20.7 Å². The van der Waals surface area contributed by atoms with Gasteiger partial charge in [0, 0.05) is 26.1 Å². The molecule has 17 heteroatoms. The number of hydrogen-bond donors (Lipinski definition) is 5. The summed E-state index contributed by atoms with van der Waals surface area (Å²) in [7, 11) is 3.08. The lowest BCUT2D eigenvalue weighted by molar-refractivity contribution is -0.144. The number of amides is 2. The number of esters is 1. The fraction of sp³-hybridized carbons (Fsp3) is 0.455. The van der Waals surface area contributed by atoms with Crippen molar-refractivity contribution in [3.05, 3.63) is 39.3 Å². The normalized spacial score (nSPS) is 15.3. The van der Waals surface area contributed by atoms with Gasteiger partial charge in [-0.1, -0.05) is 11.9 Å². The van der Waals surface area contributed by atoms with Crippen LogP contribution in [0, 0.1) is 0 Å². The van der Waals surface area contributed by atoms with Crippen molar-refractivity contribution in [1.82, 2.24) is 15.6 Å². The zero-order valence-electron chi connectivity index (χ0n) is 21.1. The Hall–Kier alpha value is -3.02. The molecule has 1 aliphatic carbocycles. The summed E-state index contributed by atoms with van der Waals surface area (Å²) < 4.78 is 73.1. The Morgan fingerprint density at radius 3 is 2.51 bits per heavy atom. The third-order valence-corrected chi connectivity index (χ3v) is 6.90. The second-order valence-corrected chi connectivity index (χ2v) is 9.63. The van der Waals surface area contributed by atoms with Gasteiger partial charge >= 0.3 is 12.1 Å². The number of halogens is 5. The number of rotatable bonds is 12. The molecule has 0 bridgehead atoms. The zero-order chi connectivity index (χ0) is 29.3. The van der Waals surface area contributed by atoms with Crippen LogP contribution in [0.4, 0.5) is 27.0 Å². The first-order chi connectivity index (χ1) is 18.3. The van der Waals surface area contributed by atoms with Crippen molar-refractivity contribution < 1.29 is 41.1 Å². The minimum absolute atomic E-state index is 0.179. The predicted octanol–water partition coefficient (Wildman–Crippen LogP) is 3.05. The van der Waals surface area contributed by atoms with E-state index in [1.165, 1.54) is 25.3 Å². The van der Waals surface area contributed by atoms with Crippen LogP contribution in [0.25, 0.3) is 0 Å². The van der Waals surface area contributed by atoms with Crippen molar-refractivity contribution >= 4 is 51.8 Å². The summed E-state index contributed by atoms with van der Waals surface area (Å²) in [6.45, 7) is 0.677. The van der Waals surface area contributed by atoms with Gasteiger partial charge in [-0.2, -0.15) is 18.0 Å². The number of nitrogens with one attached hydrogen (secondary N) is 4. The lowest BCUT2D eigenvalue weighted by atomic mass is 9.94. The Kier molecular flexibility index (Phi) is 11.9. The molecule has 10 nitrogen and oxygen atoms in total. The quantitative estimate of drug-likeness (QED) is 0.0616. The molecular formula is C22H27F5N6O4S2. The van der Waals surface area contributed by atoms with Crippen molar-refractivity contribution in [2.24, 2.45) is 10.7 Å². The highest BCUT2D eigenvalue weighted by atomic mass is 32.2. The van der Waals surface area contributed by atoms with E-state index in [0.29, 0.717) is 16.1 Å². The molecule has 39 heavy (non-hydrogen) atoms. The molecule has 0 saturated carbocycles. The molecule has 0 radical (unpaired) electrons. The number of hydrazine groups is 1. The Morgan fingerprint density at radius 2 is 1.92 bits per heavy atom. The van der Waals surface area contributed by atoms with Gasteiger partial charge in [0.15, 0.2) is 6.73 Å². The highest BCUT2D eigenvalue weighted by Gasteiger charge is 2.43. The molecule has 1 heterocycles. The van der Waals surface area contributed by atoms with Crippen molar-refractivity contribution in [1.29, 1.82) is 0 Å². The first kappa shape index (κ1) is 32.2. The van der Waals surface area contributed by atoms with E-state index in [9.17, 15) is 36.3 Å². The Morgan fingerprint density at radius 1 is 1.23 bits per heavy atom. The van der Waals surface area contributed by atoms with Crippen LogP contribution in [0.15, 0.2) is 33.2 Å². The molecule has 0 aliphatic heterocycles. The van der Waals surface area contributed by atoms with Gasteiger partial charge in [-0.25, -0.2) is 13.8 Å². The molecule has 1 aromatic heterocycles. The fourth-order valence-electron chi connectivity index (χ4n) is 3.32. The molecule has 0 spiro atoms. The van der Waals surface area contributed by atoms with Crippen LogP contribution < -0.4 is 26.6 Å². The Labute approximate surface area is 228 Å². The molecule has 2 rings (SSSR count). The summed E-state index contributed by atoms with van der Waals surface area (Å²) in [4.78, 5) is 42.5. The molecule has 1 aromatic rings. The number of hydrogen-bond acceptors (Lipinski definition) is 10. The molecule has 0 fully saturated rings. The zero-order valence-corrected chi connectivity index (χ0v) is 22.7. The minimum atomic E-state index is -5.27. The van der Waals surface area contributed by atoms with E-state index in [1.807, 2.05) is 0 Å². The maximum Gasteiger partial charge on any atom is 0.421 e. The van der Waals surface area contributed by atoms with E-state index in [1.54, 1.807) is 12.4 Å². The summed E-state index contributed by atoms with van der Waals surface area (Å²) in [5, 5.41) is 7.57. The van der Waals surface area contributed by atoms with Crippen LogP contribution in [0.2, 0.25) is 0 Å². The monoisotopic (exact) mass is 598 g/mol. The minimum Gasteiger partial charge on any atom is -0.441 e. The molecule has 1 unspecified atom stereocenters. The maximum atomic E-state index is 14.8. The number of anilines is 1. The Bertz CT molecular complexity index is 1180. The Balaban J connectivity index is 2.12. The van der Waals surface area contributed by atoms with E-state index in [2.05, 4.69) is 25.9 Å². The van der Waals surface area contributed by atoms with Crippen molar-refractivity contribution in [2.75, 3.05) is 31.9 Å². The predicted molar refractivity (Wildman–Crippen MR) is 138 cm³/mol. The first-order valence-corrected chi connectivity index (χ1v) is 13.1. The van der Waals surface area contributed by atoms with Crippen molar-refractivity contribution in [2.45, 2.75) is 38.4 Å². The van der Waals surface area contributed by atoms with E-state index in [4.69, 9.17) is 10.5 Å². The summed E-state index contributed by atoms with van der Waals surface area (Å²) in [6.07, 6.45) is -6.57. The second-order valence-electron chi connectivity index (χ2n) is 7.97. The van der Waals surface area contributed by atoms with E-state index in [-0.39, 0.29) is 23.8 Å². The number of ether oxygens (including phenoxy) is 1. The number of thiophene rings is 1. The van der Waals surface area contributed by atoms with Crippen LogP contribution in [0.3, 0.4) is 0 Å². The molecule has 1 aliphatic rings. The molecule has 216 valence electrons. The standard InChI is InChI=1S/C22H27F5N6O4S2/c1-10(28)21(36)37-9-31-14(12-4-5-13(23)17(18(12)24)22(25,26)27)8-39-33-32-15(34)6-11-7-38-20(30-3)16(11)19(35)29-2/h7,10,30,33H,4-6,8-9,28H2,1-3H3,(H,29,35)(H,32,34). The number of carbonyl (C=O) groups is 3. The number of aliphatic imine (C=N–C) groups is 1. The smallest absolute Gasteiger partial charge is 0.421 e. The molecule has 0 saturated heterocycles. The second kappa shape index (κ2) is 14.4. The summed E-state index contributed by atoms with van der Waals surface area (Å²) >= 11 is 1.97. The van der Waals surface area contributed by atoms with Crippen LogP contribution >= 0.6 is 23.3 Å². The van der Waals surface area contributed by atoms with E-state index in [0.717, 1.165) is 11.9 Å². The highest BCUT2D eigenvalue weighted by Crippen LogP contribution is 2.42. The number of nitrogens with zero attached hydrogens (tertiary/aromatic N) is 1. The van der Waals surface area contributed by atoms with Gasteiger partial charge < -0.3 is 21.1 Å². The summed E-state index contributed by atoms with van der Waals surface area (Å²) in [5.74, 6) is -5.52.